The number of aryl methyl sites for hydroxylation is 1. The van der Waals surface area contributed by atoms with Crippen molar-refractivity contribution in [2.75, 3.05) is 12.4 Å². The molecule has 1 aliphatic carbocycles. The first-order valence-electron chi connectivity index (χ1n) is 8.96. The molecular weight excluding hydrogens is 384 g/mol. The number of carbonyl (C=O) groups is 1. The van der Waals surface area contributed by atoms with Gasteiger partial charge in [0.2, 0.25) is 0 Å². The zero-order valence-electron chi connectivity index (χ0n) is 15.0. The molecule has 0 aliphatic heterocycles. The van der Waals surface area contributed by atoms with E-state index in [2.05, 4.69) is 27.2 Å². The summed E-state index contributed by atoms with van der Waals surface area (Å²) in [6.45, 7) is 4.47. The van der Waals surface area contributed by atoms with Gasteiger partial charge in [0.25, 0.3) is 5.78 Å². The van der Waals surface area contributed by atoms with Crippen LogP contribution >= 0.6 is 23.1 Å². The van der Waals surface area contributed by atoms with Crippen molar-refractivity contribution < 1.29 is 9.53 Å². The van der Waals surface area contributed by atoms with Gasteiger partial charge in [-0.2, -0.15) is 9.61 Å². The Labute approximate surface area is 162 Å². The van der Waals surface area contributed by atoms with E-state index >= 15 is 0 Å². The molecule has 0 N–H and O–H groups in total. The maximum atomic E-state index is 11.8. The molecule has 0 bridgehead atoms. The van der Waals surface area contributed by atoms with Gasteiger partial charge in [0.1, 0.15) is 11.2 Å². The molecule has 140 valence electrons. The summed E-state index contributed by atoms with van der Waals surface area (Å²) < 4.78 is 8.79. The molecule has 0 fully saturated rings. The maximum Gasteiger partial charge on any atom is 0.316 e. The molecule has 8 nitrogen and oxygen atoms in total. The van der Waals surface area contributed by atoms with E-state index in [1.807, 2.05) is 4.40 Å². The van der Waals surface area contributed by atoms with Crippen LogP contribution in [0.5, 0.6) is 0 Å². The number of fused-ring (bicyclic) bond motifs is 8. The monoisotopic (exact) mass is 402 g/mol. The SMILES string of the molecule is CCOC(=O)CSc1nnc2n3ncnc3c3c4c(sc3n12)CC[C@H](C)C4. The van der Waals surface area contributed by atoms with Crippen LogP contribution in [0.2, 0.25) is 0 Å². The van der Waals surface area contributed by atoms with E-state index in [0.29, 0.717) is 23.5 Å². The van der Waals surface area contributed by atoms with Gasteiger partial charge in [0, 0.05) is 4.88 Å². The number of esters is 1. The third-order valence-corrected chi connectivity index (χ3v) is 7.07. The smallest absolute Gasteiger partial charge is 0.316 e. The van der Waals surface area contributed by atoms with Crippen LogP contribution in [0, 0.1) is 5.92 Å². The molecule has 27 heavy (non-hydrogen) atoms. The highest BCUT2D eigenvalue weighted by molar-refractivity contribution is 7.99. The normalized spacial score (nSPS) is 17.0. The van der Waals surface area contributed by atoms with Crippen LogP contribution in [0.1, 0.15) is 30.7 Å². The summed E-state index contributed by atoms with van der Waals surface area (Å²) in [5.41, 5.74) is 2.21. The second-order valence-corrected chi connectivity index (χ2v) is 8.77. The van der Waals surface area contributed by atoms with E-state index in [4.69, 9.17) is 4.74 Å². The molecule has 0 spiro atoms. The number of rotatable bonds is 4. The van der Waals surface area contributed by atoms with Crippen molar-refractivity contribution in [3.8, 4) is 0 Å². The fourth-order valence-electron chi connectivity index (χ4n) is 3.69. The Balaban J connectivity index is 1.73. The number of carbonyl (C=O) groups excluding carboxylic acids is 1. The molecule has 0 saturated heterocycles. The zero-order chi connectivity index (χ0) is 18.5. The quantitative estimate of drug-likeness (QED) is 0.383. The summed E-state index contributed by atoms with van der Waals surface area (Å²) >= 11 is 3.12. The molecule has 0 radical (unpaired) electrons. The van der Waals surface area contributed by atoms with Gasteiger partial charge in [-0.15, -0.1) is 21.5 Å². The van der Waals surface area contributed by atoms with Crippen molar-refractivity contribution in [3.63, 3.8) is 0 Å². The van der Waals surface area contributed by atoms with Crippen LogP contribution in [-0.4, -0.2) is 47.5 Å². The van der Waals surface area contributed by atoms with Gasteiger partial charge in [0.05, 0.1) is 17.7 Å². The molecule has 4 heterocycles. The lowest BCUT2D eigenvalue weighted by Crippen LogP contribution is -2.09. The average Bonchev–Trinajstić information content (AvgIpc) is 3.35. The van der Waals surface area contributed by atoms with Crippen molar-refractivity contribution in [2.24, 2.45) is 5.92 Å². The van der Waals surface area contributed by atoms with Gasteiger partial charge >= 0.3 is 5.97 Å². The molecule has 5 rings (SSSR count). The van der Waals surface area contributed by atoms with Crippen LogP contribution in [0.15, 0.2) is 11.5 Å². The molecule has 0 unspecified atom stereocenters. The van der Waals surface area contributed by atoms with Gasteiger partial charge < -0.3 is 4.74 Å². The van der Waals surface area contributed by atoms with E-state index in [0.717, 1.165) is 28.7 Å². The lowest BCUT2D eigenvalue weighted by molar-refractivity contribution is -0.139. The topological polar surface area (TPSA) is 86.7 Å². The molecule has 0 amide bonds. The third-order valence-electron chi connectivity index (χ3n) is 4.89. The Bertz CT molecular complexity index is 1180. The number of thioether (sulfide) groups is 1. The minimum absolute atomic E-state index is 0.202. The largest absolute Gasteiger partial charge is 0.465 e. The standard InChI is InChI=1S/C17H18N6O2S2/c1-3-25-12(24)7-26-17-21-20-16-22(17)15-13(14-18-8-19-23(14)16)10-6-9(2)4-5-11(10)27-15/h8-9H,3-7H2,1-2H3/t9-/m0/s1. The molecule has 0 aromatic carbocycles. The highest BCUT2D eigenvalue weighted by Crippen LogP contribution is 2.40. The van der Waals surface area contributed by atoms with E-state index in [-0.39, 0.29) is 11.7 Å². The summed E-state index contributed by atoms with van der Waals surface area (Å²) in [7, 11) is 0. The number of hydrogen-bond donors (Lipinski definition) is 0. The van der Waals surface area contributed by atoms with Crippen LogP contribution in [0.3, 0.4) is 0 Å². The summed E-state index contributed by atoms with van der Waals surface area (Å²) in [5, 5.41) is 14.8. The predicted molar refractivity (Wildman–Crippen MR) is 103 cm³/mol. The van der Waals surface area contributed by atoms with Crippen molar-refractivity contribution in [3.05, 3.63) is 16.8 Å². The van der Waals surface area contributed by atoms with Crippen LogP contribution in [0.4, 0.5) is 0 Å². The first-order valence-corrected chi connectivity index (χ1v) is 10.8. The number of thiophene rings is 1. The Morgan fingerprint density at radius 1 is 1.44 bits per heavy atom. The third kappa shape index (κ3) is 2.61. The second-order valence-electron chi connectivity index (χ2n) is 6.74. The van der Waals surface area contributed by atoms with Crippen LogP contribution in [0.25, 0.3) is 21.6 Å². The van der Waals surface area contributed by atoms with E-state index in [9.17, 15) is 4.79 Å². The molecule has 10 heteroatoms. The number of ether oxygens (including phenoxy) is 1. The fourth-order valence-corrected chi connectivity index (χ4v) is 5.81. The van der Waals surface area contributed by atoms with E-state index < -0.39 is 0 Å². The van der Waals surface area contributed by atoms with Crippen molar-refractivity contribution in [2.45, 2.75) is 38.3 Å². The summed E-state index contributed by atoms with van der Waals surface area (Å²) in [4.78, 5) is 18.8. The Kier molecular flexibility index (Phi) is 4.05. The number of hydrogen-bond acceptors (Lipinski definition) is 8. The molecule has 1 aliphatic rings. The Morgan fingerprint density at radius 2 is 2.33 bits per heavy atom. The second kappa shape index (κ2) is 6.45. The predicted octanol–water partition coefficient (Wildman–Crippen LogP) is 2.77. The van der Waals surface area contributed by atoms with Crippen LogP contribution < -0.4 is 0 Å². The van der Waals surface area contributed by atoms with Gasteiger partial charge in [-0.05, 0) is 37.7 Å². The lowest BCUT2D eigenvalue weighted by Gasteiger charge is -2.17. The number of aromatic nitrogens is 6. The van der Waals surface area contributed by atoms with Gasteiger partial charge in [-0.1, -0.05) is 18.7 Å². The first-order chi connectivity index (χ1) is 13.2. The molecular formula is C17H18N6O2S2. The van der Waals surface area contributed by atoms with Gasteiger partial charge in [-0.3, -0.25) is 4.79 Å². The fraction of sp³-hybridized carbons (Fsp3) is 0.471. The highest BCUT2D eigenvalue weighted by Gasteiger charge is 2.26. The molecule has 1 atom stereocenters. The molecule has 4 aromatic heterocycles. The summed E-state index contributed by atoms with van der Waals surface area (Å²) in [5.74, 6) is 1.23. The molecule has 0 saturated carbocycles. The minimum atomic E-state index is -0.253. The van der Waals surface area contributed by atoms with E-state index in [1.165, 1.54) is 28.6 Å². The van der Waals surface area contributed by atoms with E-state index in [1.54, 1.807) is 29.1 Å². The Morgan fingerprint density at radius 3 is 3.19 bits per heavy atom. The van der Waals surface area contributed by atoms with Gasteiger partial charge in [-0.25, -0.2) is 9.38 Å². The van der Waals surface area contributed by atoms with Crippen LogP contribution in [-0.2, 0) is 22.4 Å². The zero-order valence-corrected chi connectivity index (χ0v) is 16.6. The highest BCUT2D eigenvalue weighted by atomic mass is 32.2. The van der Waals surface area contributed by atoms with Crippen molar-refractivity contribution in [1.82, 2.24) is 29.2 Å². The molecule has 4 aromatic rings. The minimum Gasteiger partial charge on any atom is -0.465 e. The van der Waals surface area contributed by atoms with Crippen molar-refractivity contribution in [1.29, 1.82) is 0 Å². The average molecular weight is 403 g/mol. The summed E-state index contributed by atoms with van der Waals surface area (Å²) in [6.07, 6.45) is 4.91. The number of nitrogens with zero attached hydrogens (tertiary/aromatic N) is 6. The van der Waals surface area contributed by atoms with Crippen molar-refractivity contribution >= 4 is 50.7 Å². The first kappa shape index (κ1) is 16.9. The lowest BCUT2D eigenvalue weighted by atomic mass is 9.89. The Hall–Kier alpha value is -2.20. The maximum absolute atomic E-state index is 11.8. The van der Waals surface area contributed by atoms with Gasteiger partial charge in [0.15, 0.2) is 10.8 Å². The summed E-state index contributed by atoms with van der Waals surface area (Å²) in [6, 6.07) is 0.